The number of nitrogens with zero attached hydrogens (tertiary/aromatic N) is 4. The van der Waals surface area contributed by atoms with Crippen LogP contribution in [0.5, 0.6) is 0 Å². The number of carbonyl (C=O) groups excluding carboxylic acids is 2. The molecule has 0 aliphatic rings. The molecule has 0 atom stereocenters. The average Bonchev–Trinajstić information content (AvgIpc) is 3.28. The van der Waals surface area contributed by atoms with Gasteiger partial charge in [0.05, 0.1) is 6.61 Å². The van der Waals surface area contributed by atoms with E-state index in [0.717, 1.165) is 123 Å². The van der Waals surface area contributed by atoms with Gasteiger partial charge in [0, 0.05) is 33.0 Å². The lowest BCUT2D eigenvalue weighted by molar-refractivity contribution is -0.150. The molecule has 0 fully saturated rings. The van der Waals surface area contributed by atoms with E-state index in [2.05, 4.69) is 56.4 Å². The fourth-order valence-electron chi connectivity index (χ4n) is 8.25. The number of esters is 2. The van der Waals surface area contributed by atoms with Crippen LogP contribution in [0.1, 0.15) is 259 Å². The molecule has 0 saturated carbocycles. The summed E-state index contributed by atoms with van der Waals surface area (Å²) in [5.41, 5.74) is 1.21. The lowest BCUT2D eigenvalue weighted by Gasteiger charge is -2.24. The van der Waals surface area contributed by atoms with Crippen LogP contribution in [0, 0.1) is 17.4 Å². The van der Waals surface area contributed by atoms with Crippen molar-refractivity contribution in [2.24, 2.45) is 10.9 Å². The summed E-state index contributed by atoms with van der Waals surface area (Å²) in [6.07, 6.45) is 41.8. The predicted octanol–water partition coefficient (Wildman–Crippen LogP) is 15.0. The van der Waals surface area contributed by atoms with Crippen molar-refractivity contribution in [2.45, 2.75) is 265 Å². The molecule has 9 nitrogen and oxygen atoms in total. The van der Waals surface area contributed by atoms with Crippen LogP contribution < -0.4 is 5.32 Å². The summed E-state index contributed by atoms with van der Waals surface area (Å²) in [5.74, 6) is 1.04. The Morgan fingerprint density at radius 1 is 0.578 bits per heavy atom. The Labute approximate surface area is 397 Å². The molecular formula is C55H105N5O4. The highest BCUT2D eigenvalue weighted by Crippen LogP contribution is 2.19. The SMILES string of the molecule is C=C(CCN(C)/C(=N\C#N)NCCCN(CCCCCCCC(=O)OCCCCCCCCC)CCCCCCCC(=O)OC(CCCCCCCC)CCCCCCCC)C(C)C. The second-order valence-electron chi connectivity index (χ2n) is 19.2. The third kappa shape index (κ3) is 40.9. The first kappa shape index (κ1) is 61.4. The Morgan fingerprint density at radius 2 is 1.02 bits per heavy atom. The molecule has 0 heterocycles. The number of rotatable bonds is 47. The quantitative estimate of drug-likeness (QED) is 0.0161. The molecule has 0 spiro atoms. The standard InChI is InChI=1S/C55H105N5O4/c1-8-11-14-17-20-29-36-48-63-53(61)40-32-25-21-27-34-44-60(46-37-43-57-55(58-49-56)59(7)47-42-51(6)50(4)5)45-35-28-22-26-33-41-54(62)64-52(38-30-23-18-15-12-9-2)39-31-24-19-16-13-10-3/h50,52H,6,8-48H2,1-5,7H3,(H,57,58). The second-order valence-corrected chi connectivity index (χ2v) is 19.2. The van der Waals surface area contributed by atoms with Gasteiger partial charge in [-0.15, -0.1) is 4.99 Å². The second kappa shape index (κ2) is 46.9. The van der Waals surface area contributed by atoms with Gasteiger partial charge >= 0.3 is 11.9 Å². The summed E-state index contributed by atoms with van der Waals surface area (Å²) in [4.78, 5) is 33.8. The van der Waals surface area contributed by atoms with Gasteiger partial charge in [0.2, 0.25) is 12.2 Å². The van der Waals surface area contributed by atoms with E-state index in [1.807, 2.05) is 18.1 Å². The third-order valence-corrected chi connectivity index (χ3v) is 12.8. The molecule has 374 valence electrons. The average molecular weight is 900 g/mol. The molecule has 0 aromatic heterocycles. The molecule has 0 aromatic rings. The zero-order valence-electron chi connectivity index (χ0n) is 43.3. The molecular weight excluding hydrogens is 795 g/mol. The van der Waals surface area contributed by atoms with Crippen LogP contribution in [0.2, 0.25) is 0 Å². The van der Waals surface area contributed by atoms with Crippen LogP contribution in [0.25, 0.3) is 0 Å². The van der Waals surface area contributed by atoms with E-state index < -0.39 is 0 Å². The number of guanidine groups is 1. The van der Waals surface area contributed by atoms with Gasteiger partial charge in [0.15, 0.2) is 0 Å². The van der Waals surface area contributed by atoms with E-state index in [1.165, 1.54) is 128 Å². The van der Waals surface area contributed by atoms with Gasteiger partial charge in [-0.25, -0.2) is 0 Å². The zero-order chi connectivity index (χ0) is 47.1. The number of hydrogen-bond donors (Lipinski definition) is 1. The van der Waals surface area contributed by atoms with Crippen LogP contribution in [0.4, 0.5) is 0 Å². The third-order valence-electron chi connectivity index (χ3n) is 12.8. The summed E-state index contributed by atoms with van der Waals surface area (Å²) in [6.45, 7) is 20.5. The maximum absolute atomic E-state index is 12.9. The van der Waals surface area contributed by atoms with Gasteiger partial charge in [0.1, 0.15) is 6.10 Å². The molecule has 0 aliphatic heterocycles. The van der Waals surface area contributed by atoms with Gasteiger partial charge in [-0.1, -0.05) is 188 Å². The van der Waals surface area contributed by atoms with E-state index >= 15 is 0 Å². The van der Waals surface area contributed by atoms with Gasteiger partial charge < -0.3 is 24.6 Å². The molecule has 0 aliphatic carbocycles. The molecule has 0 rings (SSSR count). The highest BCUT2D eigenvalue weighted by molar-refractivity contribution is 5.80. The van der Waals surface area contributed by atoms with Gasteiger partial charge in [0.25, 0.3) is 0 Å². The molecule has 0 radical (unpaired) electrons. The maximum Gasteiger partial charge on any atom is 0.306 e. The summed E-state index contributed by atoms with van der Waals surface area (Å²) in [5, 5.41) is 12.8. The van der Waals surface area contributed by atoms with E-state index in [-0.39, 0.29) is 18.0 Å². The van der Waals surface area contributed by atoms with Crippen molar-refractivity contribution in [1.29, 1.82) is 5.26 Å². The summed E-state index contributed by atoms with van der Waals surface area (Å²) >= 11 is 0. The molecule has 0 unspecified atom stereocenters. The smallest absolute Gasteiger partial charge is 0.306 e. The van der Waals surface area contributed by atoms with Crippen LogP contribution in [0.15, 0.2) is 17.1 Å². The number of nitriles is 1. The Morgan fingerprint density at radius 3 is 1.52 bits per heavy atom. The number of nitrogens with one attached hydrogen (secondary N) is 1. The Balaban J connectivity index is 4.77. The number of aliphatic imine (C=N–C) groups is 1. The van der Waals surface area contributed by atoms with E-state index in [4.69, 9.17) is 9.47 Å². The Kier molecular flexibility index (Phi) is 45.0. The first-order valence-electron chi connectivity index (χ1n) is 27.3. The van der Waals surface area contributed by atoms with Crippen molar-refractivity contribution < 1.29 is 19.1 Å². The molecule has 64 heavy (non-hydrogen) atoms. The first-order chi connectivity index (χ1) is 31.2. The number of hydrogen-bond acceptors (Lipinski definition) is 7. The highest BCUT2D eigenvalue weighted by Gasteiger charge is 2.15. The lowest BCUT2D eigenvalue weighted by Crippen LogP contribution is -2.40. The van der Waals surface area contributed by atoms with E-state index in [0.29, 0.717) is 31.3 Å². The van der Waals surface area contributed by atoms with Crippen LogP contribution >= 0.6 is 0 Å². The summed E-state index contributed by atoms with van der Waals surface area (Å²) < 4.78 is 11.6. The van der Waals surface area contributed by atoms with E-state index in [1.54, 1.807) is 0 Å². The molecule has 0 aromatic carbocycles. The number of ether oxygens (including phenoxy) is 2. The minimum atomic E-state index is -0.0351. The minimum Gasteiger partial charge on any atom is -0.466 e. The monoisotopic (exact) mass is 900 g/mol. The van der Waals surface area contributed by atoms with Crippen molar-refractivity contribution in [3.05, 3.63) is 12.2 Å². The van der Waals surface area contributed by atoms with Crippen molar-refractivity contribution in [3.8, 4) is 6.19 Å². The Hall–Kier alpha value is -2.60. The van der Waals surface area contributed by atoms with Gasteiger partial charge in [-0.05, 0) is 96.2 Å². The zero-order valence-corrected chi connectivity index (χ0v) is 43.3. The predicted molar refractivity (Wildman–Crippen MR) is 274 cm³/mol. The van der Waals surface area contributed by atoms with Gasteiger partial charge in [-0.2, -0.15) is 5.26 Å². The maximum atomic E-state index is 12.9. The van der Waals surface area contributed by atoms with E-state index in [9.17, 15) is 14.9 Å². The molecule has 1 N–H and O–H groups in total. The summed E-state index contributed by atoms with van der Waals surface area (Å²) in [7, 11) is 1.98. The van der Waals surface area contributed by atoms with Crippen molar-refractivity contribution in [3.63, 3.8) is 0 Å². The van der Waals surface area contributed by atoms with Crippen molar-refractivity contribution in [1.82, 2.24) is 15.1 Å². The first-order valence-corrected chi connectivity index (χ1v) is 27.3. The largest absolute Gasteiger partial charge is 0.466 e. The van der Waals surface area contributed by atoms with Crippen molar-refractivity contribution >= 4 is 17.9 Å². The van der Waals surface area contributed by atoms with Crippen molar-refractivity contribution in [2.75, 3.05) is 46.4 Å². The minimum absolute atomic E-state index is 0.00988. The van der Waals surface area contributed by atoms with Crippen LogP contribution in [-0.2, 0) is 19.1 Å². The Bertz CT molecular complexity index is 1140. The fourth-order valence-corrected chi connectivity index (χ4v) is 8.25. The number of carbonyl (C=O) groups is 2. The normalized spacial score (nSPS) is 11.7. The highest BCUT2D eigenvalue weighted by atomic mass is 16.5. The van der Waals surface area contributed by atoms with Gasteiger partial charge in [-0.3, -0.25) is 9.59 Å². The number of unbranched alkanes of at least 4 members (excludes halogenated alkanes) is 24. The summed E-state index contributed by atoms with van der Waals surface area (Å²) in [6, 6.07) is 0. The molecule has 9 heteroatoms. The van der Waals surface area contributed by atoms with Crippen LogP contribution in [-0.4, -0.2) is 80.2 Å². The lowest BCUT2D eigenvalue weighted by atomic mass is 10.0. The fraction of sp³-hybridized carbons (Fsp3) is 0.891. The molecule has 0 saturated heterocycles. The van der Waals surface area contributed by atoms with Crippen LogP contribution in [0.3, 0.4) is 0 Å². The molecule has 0 bridgehead atoms. The molecule has 0 amide bonds. The topological polar surface area (TPSA) is 107 Å².